The summed E-state index contributed by atoms with van der Waals surface area (Å²) in [4.78, 5) is 20.4. The SMILES string of the molecule is O=C(c1ccccc1)c1ccc(/C(=C2\C=CC=N2)c2ccccc2)[nH]1. The number of nitrogens with one attached hydrogen (secondary N) is 1. The van der Waals surface area contributed by atoms with Gasteiger partial charge in [-0.15, -0.1) is 0 Å². The molecule has 3 aromatic rings. The first-order valence-corrected chi connectivity index (χ1v) is 8.12. The molecular weight excluding hydrogens is 308 g/mol. The number of hydrogen-bond donors (Lipinski definition) is 1. The average Bonchev–Trinajstić information content (AvgIpc) is 3.36. The van der Waals surface area contributed by atoms with Crippen LogP contribution in [0.3, 0.4) is 0 Å². The predicted molar refractivity (Wildman–Crippen MR) is 101 cm³/mol. The Labute approximate surface area is 146 Å². The van der Waals surface area contributed by atoms with Gasteiger partial charge in [-0.25, -0.2) is 0 Å². The topological polar surface area (TPSA) is 45.2 Å². The van der Waals surface area contributed by atoms with E-state index in [0.717, 1.165) is 22.5 Å². The van der Waals surface area contributed by atoms with E-state index < -0.39 is 0 Å². The average molecular weight is 324 g/mol. The first-order valence-electron chi connectivity index (χ1n) is 8.12. The highest BCUT2D eigenvalue weighted by Gasteiger charge is 2.16. The van der Waals surface area contributed by atoms with E-state index in [4.69, 9.17) is 0 Å². The van der Waals surface area contributed by atoms with E-state index in [0.29, 0.717) is 11.3 Å². The number of allylic oxidation sites excluding steroid dienone is 2. The number of carbonyl (C=O) groups is 1. The third-order valence-electron chi connectivity index (χ3n) is 4.11. The van der Waals surface area contributed by atoms with Crippen molar-refractivity contribution in [1.29, 1.82) is 0 Å². The summed E-state index contributed by atoms with van der Waals surface area (Å²) in [6, 6.07) is 23.1. The summed E-state index contributed by atoms with van der Waals surface area (Å²) in [7, 11) is 0. The zero-order valence-electron chi connectivity index (χ0n) is 13.5. The van der Waals surface area contributed by atoms with Crippen LogP contribution in [0.4, 0.5) is 0 Å². The van der Waals surface area contributed by atoms with Crippen LogP contribution in [0.5, 0.6) is 0 Å². The summed E-state index contributed by atoms with van der Waals surface area (Å²) in [5.41, 5.74) is 5.04. The number of ketones is 1. The van der Waals surface area contributed by atoms with Gasteiger partial charge in [0.2, 0.25) is 5.78 Å². The highest BCUT2D eigenvalue weighted by Crippen LogP contribution is 2.29. The standard InChI is InChI=1S/C22H16N2O/c25-22(17-10-5-2-6-11-17)20-14-13-19(24-20)21(18-12-7-15-23-18)16-8-3-1-4-9-16/h1-15,24H/b21-18+. The number of aromatic amines is 1. The first-order chi connectivity index (χ1) is 12.3. The van der Waals surface area contributed by atoms with E-state index in [1.807, 2.05) is 84.9 Å². The quantitative estimate of drug-likeness (QED) is 0.698. The monoisotopic (exact) mass is 324 g/mol. The van der Waals surface area contributed by atoms with Crippen molar-refractivity contribution in [2.45, 2.75) is 0 Å². The molecule has 2 heterocycles. The number of aliphatic imine (C=N–C) groups is 1. The van der Waals surface area contributed by atoms with Crippen molar-refractivity contribution in [2.75, 3.05) is 0 Å². The van der Waals surface area contributed by atoms with Gasteiger partial charge >= 0.3 is 0 Å². The normalized spacial score (nSPS) is 14.7. The molecule has 2 aromatic carbocycles. The molecule has 1 aliphatic rings. The van der Waals surface area contributed by atoms with Gasteiger partial charge in [0, 0.05) is 23.0 Å². The van der Waals surface area contributed by atoms with E-state index in [2.05, 4.69) is 9.98 Å². The molecule has 0 radical (unpaired) electrons. The van der Waals surface area contributed by atoms with Crippen molar-refractivity contribution < 1.29 is 4.79 Å². The molecule has 0 saturated carbocycles. The largest absolute Gasteiger partial charge is 0.352 e. The molecule has 25 heavy (non-hydrogen) atoms. The third kappa shape index (κ3) is 3.00. The zero-order valence-corrected chi connectivity index (χ0v) is 13.5. The molecular formula is C22H16N2O. The lowest BCUT2D eigenvalue weighted by Crippen LogP contribution is -2.02. The maximum atomic E-state index is 12.6. The number of hydrogen-bond acceptors (Lipinski definition) is 2. The van der Waals surface area contributed by atoms with Gasteiger partial charge in [0.1, 0.15) is 0 Å². The highest BCUT2D eigenvalue weighted by atomic mass is 16.1. The summed E-state index contributed by atoms with van der Waals surface area (Å²) in [5.74, 6) is -0.0188. The molecule has 1 aromatic heterocycles. The number of carbonyl (C=O) groups excluding carboxylic acids is 1. The van der Waals surface area contributed by atoms with Crippen LogP contribution in [0.15, 0.2) is 95.6 Å². The summed E-state index contributed by atoms with van der Waals surface area (Å²) in [5, 5.41) is 0. The van der Waals surface area contributed by atoms with Gasteiger partial charge in [0.05, 0.1) is 11.4 Å². The molecule has 1 N–H and O–H groups in total. The smallest absolute Gasteiger partial charge is 0.209 e. The Bertz CT molecular complexity index is 979. The molecule has 120 valence electrons. The number of rotatable bonds is 4. The molecule has 4 rings (SSSR count). The molecule has 0 fully saturated rings. The Balaban J connectivity index is 1.77. The van der Waals surface area contributed by atoms with Crippen molar-refractivity contribution in [3.8, 4) is 0 Å². The van der Waals surface area contributed by atoms with Crippen LogP contribution in [0.25, 0.3) is 5.57 Å². The van der Waals surface area contributed by atoms with Gasteiger partial charge in [0.15, 0.2) is 0 Å². The Kier molecular flexibility index (Phi) is 3.97. The molecule has 3 nitrogen and oxygen atoms in total. The summed E-state index contributed by atoms with van der Waals surface area (Å²) in [6.45, 7) is 0. The van der Waals surface area contributed by atoms with Gasteiger partial charge in [-0.05, 0) is 29.8 Å². The molecule has 0 bridgehead atoms. The van der Waals surface area contributed by atoms with Gasteiger partial charge < -0.3 is 4.98 Å². The summed E-state index contributed by atoms with van der Waals surface area (Å²) in [6.07, 6.45) is 5.66. The van der Waals surface area contributed by atoms with Gasteiger partial charge in [0.25, 0.3) is 0 Å². The molecule has 0 saturated heterocycles. The number of nitrogens with zero attached hydrogens (tertiary/aromatic N) is 1. The Morgan fingerprint density at radius 3 is 2.04 bits per heavy atom. The lowest BCUT2D eigenvalue weighted by Gasteiger charge is -2.08. The minimum Gasteiger partial charge on any atom is -0.352 e. The lowest BCUT2D eigenvalue weighted by atomic mass is 10.0. The predicted octanol–water partition coefficient (Wildman–Crippen LogP) is 4.65. The molecule has 0 spiro atoms. The van der Waals surface area contributed by atoms with E-state index in [1.54, 1.807) is 6.21 Å². The van der Waals surface area contributed by atoms with E-state index in [9.17, 15) is 4.79 Å². The second-order valence-corrected chi connectivity index (χ2v) is 5.74. The van der Waals surface area contributed by atoms with Gasteiger partial charge in [-0.2, -0.15) is 0 Å². The fourth-order valence-corrected chi connectivity index (χ4v) is 2.91. The Morgan fingerprint density at radius 1 is 0.760 bits per heavy atom. The molecule has 1 aliphatic heterocycles. The maximum Gasteiger partial charge on any atom is 0.209 e. The van der Waals surface area contributed by atoms with Crippen LogP contribution in [-0.2, 0) is 0 Å². The number of H-pyrrole nitrogens is 1. The summed E-state index contributed by atoms with van der Waals surface area (Å²) >= 11 is 0. The van der Waals surface area contributed by atoms with E-state index in [-0.39, 0.29) is 5.78 Å². The van der Waals surface area contributed by atoms with Crippen molar-refractivity contribution in [3.63, 3.8) is 0 Å². The van der Waals surface area contributed by atoms with Crippen molar-refractivity contribution in [1.82, 2.24) is 4.98 Å². The van der Waals surface area contributed by atoms with Crippen molar-refractivity contribution >= 4 is 17.6 Å². The highest BCUT2D eigenvalue weighted by molar-refractivity contribution is 6.08. The molecule has 3 heteroatoms. The van der Waals surface area contributed by atoms with Crippen LogP contribution in [0.1, 0.15) is 27.3 Å². The Hall–Kier alpha value is -3.46. The number of aromatic nitrogens is 1. The van der Waals surface area contributed by atoms with Crippen LogP contribution >= 0.6 is 0 Å². The van der Waals surface area contributed by atoms with Gasteiger partial charge in [-0.3, -0.25) is 9.79 Å². The van der Waals surface area contributed by atoms with Crippen LogP contribution < -0.4 is 0 Å². The molecule has 0 amide bonds. The van der Waals surface area contributed by atoms with Crippen molar-refractivity contribution in [3.05, 3.63) is 113 Å². The summed E-state index contributed by atoms with van der Waals surface area (Å²) < 4.78 is 0. The third-order valence-corrected chi connectivity index (χ3v) is 4.11. The van der Waals surface area contributed by atoms with E-state index >= 15 is 0 Å². The molecule has 0 atom stereocenters. The van der Waals surface area contributed by atoms with Crippen LogP contribution in [0, 0.1) is 0 Å². The fourth-order valence-electron chi connectivity index (χ4n) is 2.91. The minimum atomic E-state index is -0.0188. The van der Waals surface area contributed by atoms with Crippen LogP contribution in [-0.4, -0.2) is 17.0 Å². The molecule has 0 aliphatic carbocycles. The fraction of sp³-hybridized carbons (Fsp3) is 0. The Morgan fingerprint density at radius 2 is 1.40 bits per heavy atom. The van der Waals surface area contributed by atoms with Crippen LogP contribution in [0.2, 0.25) is 0 Å². The maximum absolute atomic E-state index is 12.6. The molecule has 0 unspecified atom stereocenters. The minimum absolute atomic E-state index is 0.0188. The van der Waals surface area contributed by atoms with Crippen molar-refractivity contribution in [2.24, 2.45) is 4.99 Å². The second kappa shape index (κ2) is 6.57. The van der Waals surface area contributed by atoms with Gasteiger partial charge in [-0.1, -0.05) is 60.7 Å². The lowest BCUT2D eigenvalue weighted by molar-refractivity contribution is 0.103. The second-order valence-electron chi connectivity index (χ2n) is 5.74. The van der Waals surface area contributed by atoms with E-state index in [1.165, 1.54) is 0 Å². The zero-order chi connectivity index (χ0) is 17.1. The first kappa shape index (κ1) is 15.1. The number of benzene rings is 2.